The van der Waals surface area contributed by atoms with Crippen LogP contribution in [0.5, 0.6) is 17.2 Å². The SMILES string of the molecule is COc1ccc(C2=NN(C3CCN(C(=O)CN4CCN(c5ccccc5OC)CC4)CC3)C(=O)CC2)cc1OC.Cl.Cl. The summed E-state index contributed by atoms with van der Waals surface area (Å²) in [4.78, 5) is 32.4. The van der Waals surface area contributed by atoms with Crippen molar-refractivity contribution >= 4 is 48.0 Å². The minimum Gasteiger partial charge on any atom is -0.495 e. The van der Waals surface area contributed by atoms with E-state index in [2.05, 4.69) is 15.9 Å². The molecular weight excluding hydrogens is 581 g/mol. The first-order valence-corrected chi connectivity index (χ1v) is 14.0. The highest BCUT2D eigenvalue weighted by atomic mass is 35.5. The van der Waals surface area contributed by atoms with Crippen LogP contribution < -0.4 is 19.1 Å². The van der Waals surface area contributed by atoms with E-state index in [4.69, 9.17) is 19.3 Å². The molecule has 2 aromatic rings. The van der Waals surface area contributed by atoms with E-state index >= 15 is 0 Å². The molecule has 0 saturated carbocycles. The molecule has 0 bridgehead atoms. The van der Waals surface area contributed by atoms with Crippen molar-refractivity contribution in [2.24, 2.45) is 5.10 Å². The number of hydrogen-bond donors (Lipinski definition) is 0. The number of anilines is 1. The Hall–Kier alpha value is -3.21. The van der Waals surface area contributed by atoms with Gasteiger partial charge in [0, 0.05) is 57.7 Å². The van der Waals surface area contributed by atoms with E-state index in [-0.39, 0.29) is 42.7 Å². The van der Waals surface area contributed by atoms with Gasteiger partial charge in [0.05, 0.1) is 45.3 Å². The fraction of sp³-hybridized carbons (Fsp3) is 0.500. The minimum absolute atomic E-state index is 0. The van der Waals surface area contributed by atoms with Crippen LogP contribution in [0, 0.1) is 0 Å². The molecule has 3 aliphatic rings. The Morgan fingerprint density at radius 3 is 2.17 bits per heavy atom. The van der Waals surface area contributed by atoms with Gasteiger partial charge >= 0.3 is 0 Å². The highest BCUT2D eigenvalue weighted by molar-refractivity contribution is 6.04. The lowest BCUT2D eigenvalue weighted by Gasteiger charge is -2.39. The van der Waals surface area contributed by atoms with Crippen molar-refractivity contribution in [2.75, 3.05) is 72.0 Å². The molecule has 12 heteroatoms. The van der Waals surface area contributed by atoms with E-state index in [1.54, 1.807) is 26.3 Å². The molecule has 0 aromatic heterocycles. The van der Waals surface area contributed by atoms with E-state index in [0.29, 0.717) is 44.0 Å². The Bertz CT molecular complexity index is 1250. The van der Waals surface area contributed by atoms with Gasteiger partial charge < -0.3 is 24.0 Å². The van der Waals surface area contributed by atoms with Crippen LogP contribution in [0.4, 0.5) is 5.69 Å². The number of carbonyl (C=O) groups is 2. The normalized spacial score (nSPS) is 18.0. The summed E-state index contributed by atoms with van der Waals surface area (Å²) in [6.07, 6.45) is 2.46. The number of ether oxygens (including phenoxy) is 3. The zero-order valence-corrected chi connectivity index (χ0v) is 26.1. The average Bonchev–Trinajstić information content (AvgIpc) is 3.01. The maximum atomic E-state index is 13.1. The lowest BCUT2D eigenvalue weighted by molar-refractivity contribution is -0.137. The molecular formula is C30H41Cl2N5O5. The summed E-state index contributed by atoms with van der Waals surface area (Å²) >= 11 is 0. The van der Waals surface area contributed by atoms with Gasteiger partial charge in [-0.15, -0.1) is 24.8 Å². The number of methoxy groups -OCH3 is 3. The Labute approximate surface area is 260 Å². The maximum absolute atomic E-state index is 13.1. The molecule has 42 heavy (non-hydrogen) atoms. The van der Waals surface area contributed by atoms with Crippen molar-refractivity contribution < 1.29 is 23.8 Å². The number of hydrazone groups is 1. The molecule has 0 unspecified atom stereocenters. The number of hydrogen-bond acceptors (Lipinski definition) is 8. The number of para-hydroxylation sites is 2. The Morgan fingerprint density at radius 1 is 0.833 bits per heavy atom. The Kier molecular flexibility index (Phi) is 12.1. The standard InChI is InChI=1S/C30H39N5O5.2ClH/c1-38-26-7-5-4-6-25(26)33-18-16-32(17-19-33)21-30(37)34-14-12-23(13-15-34)35-29(36)11-9-24(31-35)22-8-10-27(39-2)28(20-22)40-3;;/h4-8,10,20,23H,9,11-19,21H2,1-3H3;2*1H. The first-order chi connectivity index (χ1) is 19.5. The maximum Gasteiger partial charge on any atom is 0.243 e. The van der Waals surface area contributed by atoms with E-state index in [9.17, 15) is 9.59 Å². The fourth-order valence-electron chi connectivity index (χ4n) is 5.77. The summed E-state index contributed by atoms with van der Waals surface area (Å²) in [5, 5.41) is 6.44. The minimum atomic E-state index is -0.00334. The summed E-state index contributed by atoms with van der Waals surface area (Å²) < 4.78 is 16.3. The number of amides is 2. The number of carbonyl (C=O) groups excluding carboxylic acids is 2. The predicted molar refractivity (Wildman–Crippen MR) is 168 cm³/mol. The van der Waals surface area contributed by atoms with Crippen molar-refractivity contribution in [3.8, 4) is 17.2 Å². The van der Waals surface area contributed by atoms with Gasteiger partial charge in [-0.1, -0.05) is 12.1 Å². The first kappa shape index (κ1) is 33.3. The largest absolute Gasteiger partial charge is 0.495 e. The van der Waals surface area contributed by atoms with E-state index in [1.807, 2.05) is 41.3 Å². The third-order valence-corrected chi connectivity index (χ3v) is 8.10. The van der Waals surface area contributed by atoms with Crippen LogP contribution in [0.2, 0.25) is 0 Å². The van der Waals surface area contributed by atoms with E-state index in [1.165, 1.54) is 0 Å². The molecule has 0 aliphatic carbocycles. The molecule has 5 rings (SSSR count). The van der Waals surface area contributed by atoms with Crippen molar-refractivity contribution in [1.29, 1.82) is 0 Å². The molecule has 2 aromatic carbocycles. The van der Waals surface area contributed by atoms with Crippen LogP contribution in [0.15, 0.2) is 47.6 Å². The first-order valence-electron chi connectivity index (χ1n) is 14.0. The second-order valence-electron chi connectivity index (χ2n) is 10.4. The van der Waals surface area contributed by atoms with Crippen LogP contribution in [0.1, 0.15) is 31.2 Å². The highest BCUT2D eigenvalue weighted by Gasteiger charge is 2.33. The smallest absolute Gasteiger partial charge is 0.243 e. The highest BCUT2D eigenvalue weighted by Crippen LogP contribution is 2.31. The number of piperazine rings is 1. The van der Waals surface area contributed by atoms with Gasteiger partial charge in [-0.25, -0.2) is 5.01 Å². The molecule has 2 saturated heterocycles. The van der Waals surface area contributed by atoms with Crippen LogP contribution in [-0.2, 0) is 9.59 Å². The molecule has 2 fully saturated rings. The summed E-state index contributed by atoms with van der Waals surface area (Å²) in [7, 11) is 4.91. The van der Waals surface area contributed by atoms with Crippen LogP contribution in [-0.4, -0.2) is 106 Å². The number of rotatable bonds is 8. The molecule has 3 heterocycles. The molecule has 0 spiro atoms. The lowest BCUT2D eigenvalue weighted by atomic mass is 10.0. The summed E-state index contributed by atoms with van der Waals surface area (Å²) in [6, 6.07) is 13.8. The van der Waals surface area contributed by atoms with Crippen molar-refractivity contribution in [1.82, 2.24) is 14.8 Å². The lowest BCUT2D eigenvalue weighted by Crippen LogP contribution is -2.52. The topological polar surface area (TPSA) is 87.2 Å². The van der Waals surface area contributed by atoms with Gasteiger partial charge in [0.25, 0.3) is 0 Å². The zero-order chi connectivity index (χ0) is 28.1. The van der Waals surface area contributed by atoms with Gasteiger partial charge in [0.15, 0.2) is 11.5 Å². The molecule has 2 amide bonds. The third kappa shape index (κ3) is 7.40. The predicted octanol–water partition coefficient (Wildman–Crippen LogP) is 3.70. The van der Waals surface area contributed by atoms with E-state index in [0.717, 1.165) is 61.7 Å². The fourth-order valence-corrected chi connectivity index (χ4v) is 5.77. The zero-order valence-electron chi connectivity index (χ0n) is 24.5. The van der Waals surface area contributed by atoms with Gasteiger partial charge in [-0.05, 0) is 43.2 Å². The second-order valence-corrected chi connectivity index (χ2v) is 10.4. The quantitative estimate of drug-likeness (QED) is 0.444. The van der Waals surface area contributed by atoms with Gasteiger partial charge in [0.2, 0.25) is 11.8 Å². The monoisotopic (exact) mass is 621 g/mol. The number of nitrogens with zero attached hydrogens (tertiary/aromatic N) is 5. The van der Waals surface area contributed by atoms with Crippen molar-refractivity contribution in [2.45, 2.75) is 31.7 Å². The summed E-state index contributed by atoms with van der Waals surface area (Å²) in [5.41, 5.74) is 2.89. The van der Waals surface area contributed by atoms with Crippen molar-refractivity contribution in [3.05, 3.63) is 48.0 Å². The molecule has 230 valence electrons. The number of piperidine rings is 1. The van der Waals surface area contributed by atoms with E-state index < -0.39 is 0 Å². The second kappa shape index (κ2) is 15.3. The Balaban J connectivity index is 0.00000242. The van der Waals surface area contributed by atoms with Crippen LogP contribution in [0.3, 0.4) is 0 Å². The van der Waals surface area contributed by atoms with Crippen LogP contribution >= 0.6 is 24.8 Å². The van der Waals surface area contributed by atoms with Gasteiger partial charge in [-0.2, -0.15) is 5.10 Å². The molecule has 0 N–H and O–H groups in total. The third-order valence-electron chi connectivity index (χ3n) is 8.10. The van der Waals surface area contributed by atoms with Crippen molar-refractivity contribution in [3.63, 3.8) is 0 Å². The summed E-state index contributed by atoms with van der Waals surface area (Å²) in [5.74, 6) is 2.37. The summed E-state index contributed by atoms with van der Waals surface area (Å²) in [6.45, 7) is 5.06. The molecule has 10 nitrogen and oxygen atoms in total. The number of benzene rings is 2. The molecule has 0 radical (unpaired) electrons. The molecule has 0 atom stereocenters. The number of halogens is 2. The van der Waals surface area contributed by atoms with Gasteiger partial charge in [0.1, 0.15) is 5.75 Å². The van der Waals surface area contributed by atoms with Crippen LogP contribution in [0.25, 0.3) is 0 Å². The Morgan fingerprint density at radius 2 is 1.50 bits per heavy atom. The molecule has 3 aliphatic heterocycles. The number of likely N-dealkylation sites (tertiary alicyclic amines) is 1. The average molecular weight is 623 g/mol. The van der Waals surface area contributed by atoms with Gasteiger partial charge in [-0.3, -0.25) is 14.5 Å².